The molecule has 0 spiro atoms. The molecule has 1 aliphatic carbocycles. The van der Waals surface area contributed by atoms with Crippen molar-refractivity contribution in [1.82, 2.24) is 5.32 Å². The lowest BCUT2D eigenvalue weighted by atomic mass is 9.80. The summed E-state index contributed by atoms with van der Waals surface area (Å²) >= 11 is 0. The number of carbonyl (C=O) groups is 1. The third kappa shape index (κ3) is 5.02. The molecule has 1 fully saturated rings. The van der Waals surface area contributed by atoms with Gasteiger partial charge in [-0.1, -0.05) is 0 Å². The number of rotatable bonds is 8. The molecule has 0 atom stereocenters. The van der Waals surface area contributed by atoms with Crippen molar-refractivity contribution in [3.05, 3.63) is 0 Å². The predicted molar refractivity (Wildman–Crippen MR) is 63.6 cm³/mol. The highest BCUT2D eigenvalue weighted by atomic mass is 16.7. The van der Waals surface area contributed by atoms with Crippen molar-refractivity contribution >= 4 is 5.91 Å². The first-order valence-electron chi connectivity index (χ1n) is 6.13. The van der Waals surface area contributed by atoms with Crippen molar-refractivity contribution in [3.8, 4) is 0 Å². The lowest BCUT2D eigenvalue weighted by Crippen LogP contribution is -2.38. The van der Waals surface area contributed by atoms with E-state index in [0.29, 0.717) is 25.0 Å². The van der Waals surface area contributed by atoms with Gasteiger partial charge in [0.05, 0.1) is 12.6 Å². The van der Waals surface area contributed by atoms with E-state index in [-0.39, 0.29) is 12.2 Å². The molecule has 0 aromatic heterocycles. The molecule has 5 nitrogen and oxygen atoms in total. The van der Waals surface area contributed by atoms with Crippen molar-refractivity contribution in [2.24, 2.45) is 5.92 Å². The van der Waals surface area contributed by atoms with Gasteiger partial charge in [0.2, 0.25) is 5.91 Å². The van der Waals surface area contributed by atoms with Gasteiger partial charge < -0.3 is 19.5 Å². The van der Waals surface area contributed by atoms with Crippen LogP contribution in [0.1, 0.15) is 26.2 Å². The molecule has 1 saturated carbocycles. The molecule has 100 valence electrons. The first-order chi connectivity index (χ1) is 8.19. The van der Waals surface area contributed by atoms with Crippen molar-refractivity contribution in [2.45, 2.75) is 38.6 Å². The highest BCUT2D eigenvalue weighted by Crippen LogP contribution is 2.32. The van der Waals surface area contributed by atoms with Gasteiger partial charge in [0.25, 0.3) is 0 Å². The summed E-state index contributed by atoms with van der Waals surface area (Å²) in [7, 11) is 3.11. The Morgan fingerprint density at radius 2 is 2.00 bits per heavy atom. The van der Waals surface area contributed by atoms with Crippen molar-refractivity contribution in [3.63, 3.8) is 0 Å². The Hall–Kier alpha value is -0.650. The van der Waals surface area contributed by atoms with Crippen LogP contribution in [0.3, 0.4) is 0 Å². The van der Waals surface area contributed by atoms with E-state index in [9.17, 15) is 4.79 Å². The summed E-state index contributed by atoms with van der Waals surface area (Å²) in [6.07, 6.45) is 2.57. The highest BCUT2D eigenvalue weighted by molar-refractivity contribution is 5.76. The minimum atomic E-state index is -0.364. The molecule has 0 unspecified atom stereocenters. The first kappa shape index (κ1) is 14.4. The summed E-state index contributed by atoms with van der Waals surface area (Å²) in [5.41, 5.74) is 0. The Bertz CT molecular complexity index is 225. The van der Waals surface area contributed by atoms with Gasteiger partial charge in [-0.2, -0.15) is 0 Å². The Labute approximate surface area is 103 Å². The van der Waals surface area contributed by atoms with Gasteiger partial charge >= 0.3 is 0 Å². The van der Waals surface area contributed by atoms with Crippen molar-refractivity contribution in [1.29, 1.82) is 0 Å². The average molecular weight is 245 g/mol. The van der Waals surface area contributed by atoms with E-state index in [0.717, 1.165) is 19.4 Å². The molecule has 0 saturated heterocycles. The molecule has 0 aliphatic heterocycles. The second-order valence-corrected chi connectivity index (χ2v) is 4.32. The quantitative estimate of drug-likeness (QED) is 0.646. The van der Waals surface area contributed by atoms with Gasteiger partial charge in [0.1, 0.15) is 0 Å². The zero-order chi connectivity index (χ0) is 12.7. The second-order valence-electron chi connectivity index (χ2n) is 4.32. The number of methoxy groups -OCH3 is 2. The Morgan fingerprint density at radius 3 is 2.53 bits per heavy atom. The fourth-order valence-electron chi connectivity index (χ4n) is 2.01. The monoisotopic (exact) mass is 245 g/mol. The van der Waals surface area contributed by atoms with E-state index < -0.39 is 0 Å². The van der Waals surface area contributed by atoms with Crippen LogP contribution in [0.2, 0.25) is 0 Å². The van der Waals surface area contributed by atoms with E-state index in [2.05, 4.69) is 5.32 Å². The Kier molecular flexibility index (Phi) is 6.47. The van der Waals surface area contributed by atoms with Crippen molar-refractivity contribution in [2.75, 3.05) is 27.4 Å². The molecule has 0 heterocycles. The largest absolute Gasteiger partial charge is 0.378 e. The van der Waals surface area contributed by atoms with Crippen LogP contribution >= 0.6 is 0 Å². The van der Waals surface area contributed by atoms with Crippen molar-refractivity contribution < 1.29 is 19.0 Å². The lowest BCUT2D eigenvalue weighted by molar-refractivity contribution is -0.130. The zero-order valence-electron chi connectivity index (χ0n) is 10.9. The van der Waals surface area contributed by atoms with Gasteiger partial charge in [-0.05, 0) is 25.7 Å². The van der Waals surface area contributed by atoms with E-state index >= 15 is 0 Å². The fraction of sp³-hybridized carbons (Fsp3) is 0.917. The van der Waals surface area contributed by atoms with Crippen LogP contribution < -0.4 is 5.32 Å². The van der Waals surface area contributed by atoms with Gasteiger partial charge in [-0.25, -0.2) is 0 Å². The third-order valence-corrected chi connectivity index (χ3v) is 3.06. The summed E-state index contributed by atoms with van der Waals surface area (Å²) in [5, 5.41) is 2.80. The molecule has 17 heavy (non-hydrogen) atoms. The average Bonchev–Trinajstić information content (AvgIpc) is 2.27. The van der Waals surface area contributed by atoms with E-state index in [1.807, 2.05) is 6.92 Å². The first-order valence-corrected chi connectivity index (χ1v) is 6.13. The molecule has 0 aromatic carbocycles. The SMILES string of the molecule is CCOC1CC(CC(=O)NCC(OC)OC)C1. The number of hydrogen-bond acceptors (Lipinski definition) is 4. The molecule has 1 amide bonds. The molecule has 1 rings (SSSR count). The number of amides is 1. The molecular formula is C12H23NO4. The highest BCUT2D eigenvalue weighted by Gasteiger charge is 2.31. The van der Waals surface area contributed by atoms with E-state index in [4.69, 9.17) is 14.2 Å². The number of carbonyl (C=O) groups excluding carboxylic acids is 1. The Balaban J connectivity index is 2.06. The van der Waals surface area contributed by atoms with Crippen LogP contribution in [0.15, 0.2) is 0 Å². The molecule has 5 heteroatoms. The van der Waals surface area contributed by atoms with E-state index in [1.54, 1.807) is 14.2 Å². The predicted octanol–water partition coefficient (Wildman–Crippen LogP) is 0.927. The van der Waals surface area contributed by atoms with Crippen LogP contribution in [0, 0.1) is 5.92 Å². The number of nitrogens with one attached hydrogen (secondary N) is 1. The number of ether oxygens (including phenoxy) is 3. The summed E-state index contributed by atoms with van der Waals surface area (Å²) < 4.78 is 15.4. The van der Waals surface area contributed by atoms with Crippen LogP contribution in [0.5, 0.6) is 0 Å². The topological polar surface area (TPSA) is 56.8 Å². The van der Waals surface area contributed by atoms with Crippen LogP contribution in [-0.4, -0.2) is 45.7 Å². The van der Waals surface area contributed by atoms with Gasteiger partial charge in [0.15, 0.2) is 6.29 Å². The van der Waals surface area contributed by atoms with Gasteiger partial charge in [0, 0.05) is 27.2 Å². The Morgan fingerprint density at radius 1 is 1.35 bits per heavy atom. The summed E-state index contributed by atoms with van der Waals surface area (Å²) in [5.74, 6) is 0.527. The third-order valence-electron chi connectivity index (χ3n) is 3.06. The minimum Gasteiger partial charge on any atom is -0.378 e. The van der Waals surface area contributed by atoms with Crippen LogP contribution in [0.25, 0.3) is 0 Å². The summed E-state index contributed by atoms with van der Waals surface area (Å²) in [6, 6.07) is 0. The molecule has 1 N–H and O–H groups in total. The maximum Gasteiger partial charge on any atom is 0.220 e. The smallest absolute Gasteiger partial charge is 0.220 e. The lowest BCUT2D eigenvalue weighted by Gasteiger charge is -2.34. The molecule has 0 bridgehead atoms. The minimum absolute atomic E-state index is 0.0593. The molecule has 1 aliphatic rings. The maximum absolute atomic E-state index is 11.6. The van der Waals surface area contributed by atoms with Crippen LogP contribution in [0.4, 0.5) is 0 Å². The second kappa shape index (κ2) is 7.63. The molecule has 0 aromatic rings. The number of hydrogen-bond donors (Lipinski definition) is 1. The fourth-order valence-corrected chi connectivity index (χ4v) is 2.01. The zero-order valence-corrected chi connectivity index (χ0v) is 10.9. The normalized spacial score (nSPS) is 23.5. The molecule has 0 radical (unpaired) electrons. The van der Waals surface area contributed by atoms with Gasteiger partial charge in [-0.3, -0.25) is 4.79 Å². The summed E-state index contributed by atoms with van der Waals surface area (Å²) in [4.78, 5) is 11.6. The summed E-state index contributed by atoms with van der Waals surface area (Å²) in [6.45, 7) is 3.15. The van der Waals surface area contributed by atoms with Gasteiger partial charge in [-0.15, -0.1) is 0 Å². The van der Waals surface area contributed by atoms with Crippen LogP contribution in [-0.2, 0) is 19.0 Å². The molecular weight excluding hydrogens is 222 g/mol. The standard InChI is InChI=1S/C12H23NO4/c1-4-17-10-5-9(6-10)7-11(14)13-8-12(15-2)16-3/h9-10,12H,4-8H2,1-3H3,(H,13,14). The maximum atomic E-state index is 11.6. The van der Waals surface area contributed by atoms with E-state index in [1.165, 1.54) is 0 Å².